The van der Waals surface area contributed by atoms with E-state index >= 15 is 0 Å². The normalized spacial score (nSPS) is 15.2. The Labute approximate surface area is 180 Å². The predicted molar refractivity (Wildman–Crippen MR) is 110 cm³/mol. The Morgan fingerprint density at radius 1 is 1.17 bits per heavy atom. The first kappa shape index (κ1) is 21.2. The summed E-state index contributed by atoms with van der Waals surface area (Å²) >= 11 is 7.63. The molecule has 30 heavy (non-hydrogen) atoms. The van der Waals surface area contributed by atoms with E-state index in [4.69, 9.17) is 16.3 Å². The zero-order valence-corrected chi connectivity index (χ0v) is 17.7. The lowest BCUT2D eigenvalue weighted by Crippen LogP contribution is -2.38. The minimum Gasteiger partial charge on any atom is -0.378 e. The zero-order chi connectivity index (χ0) is 21.3. The number of thioether (sulfide) groups is 1. The van der Waals surface area contributed by atoms with Crippen molar-refractivity contribution in [1.29, 1.82) is 0 Å². The number of aromatic nitrogens is 4. The van der Waals surface area contributed by atoms with Crippen molar-refractivity contribution < 1.29 is 17.9 Å². The fourth-order valence-electron chi connectivity index (χ4n) is 3.35. The van der Waals surface area contributed by atoms with Crippen LogP contribution in [0.1, 0.15) is 11.3 Å². The molecule has 6 nitrogen and oxygen atoms in total. The molecule has 4 rings (SSSR count). The highest BCUT2D eigenvalue weighted by molar-refractivity contribution is 7.98. The highest BCUT2D eigenvalue weighted by atomic mass is 35.5. The van der Waals surface area contributed by atoms with Crippen LogP contribution in [-0.2, 0) is 17.0 Å². The van der Waals surface area contributed by atoms with Gasteiger partial charge in [0.1, 0.15) is 6.54 Å². The van der Waals surface area contributed by atoms with Crippen LogP contribution in [0, 0.1) is 6.92 Å². The van der Waals surface area contributed by atoms with Gasteiger partial charge in [-0.15, -0.1) is 10.2 Å². The molecule has 3 aromatic rings. The summed E-state index contributed by atoms with van der Waals surface area (Å²) in [6.45, 7) is 2.57. The SMILES string of the molecule is Cc1c(Cl)c(CSc2nnc(N3CCOCC3)n2CC(F)(F)F)nc2ccccc12. The average Bonchev–Trinajstić information content (AvgIpc) is 3.11. The van der Waals surface area contributed by atoms with Gasteiger partial charge in [0, 0.05) is 24.2 Å². The molecule has 11 heteroatoms. The fourth-order valence-corrected chi connectivity index (χ4v) is 4.51. The number of aryl methyl sites for hydroxylation is 1. The van der Waals surface area contributed by atoms with Gasteiger partial charge >= 0.3 is 6.18 Å². The van der Waals surface area contributed by atoms with E-state index in [0.29, 0.717) is 37.0 Å². The van der Waals surface area contributed by atoms with Crippen LogP contribution in [0.15, 0.2) is 29.4 Å². The Morgan fingerprint density at radius 3 is 2.63 bits per heavy atom. The Morgan fingerprint density at radius 2 is 1.90 bits per heavy atom. The van der Waals surface area contributed by atoms with E-state index in [0.717, 1.165) is 32.8 Å². The number of pyridine rings is 1. The van der Waals surface area contributed by atoms with Crippen molar-refractivity contribution in [3.63, 3.8) is 0 Å². The molecule has 1 fully saturated rings. The number of para-hydroxylation sites is 1. The Hall–Kier alpha value is -2.04. The van der Waals surface area contributed by atoms with E-state index in [9.17, 15) is 13.2 Å². The van der Waals surface area contributed by atoms with Crippen molar-refractivity contribution in [2.24, 2.45) is 0 Å². The van der Waals surface area contributed by atoms with Gasteiger partial charge in [-0.2, -0.15) is 13.2 Å². The van der Waals surface area contributed by atoms with Crippen molar-refractivity contribution in [3.8, 4) is 0 Å². The van der Waals surface area contributed by atoms with Crippen molar-refractivity contribution >= 4 is 40.2 Å². The Balaban J connectivity index is 1.62. The molecule has 1 aliphatic heterocycles. The van der Waals surface area contributed by atoms with Crippen LogP contribution >= 0.6 is 23.4 Å². The summed E-state index contributed by atoms with van der Waals surface area (Å²) in [6, 6.07) is 7.62. The summed E-state index contributed by atoms with van der Waals surface area (Å²) in [6.07, 6.45) is -4.39. The molecular weight excluding hydrogens is 439 g/mol. The quantitative estimate of drug-likeness (QED) is 0.526. The van der Waals surface area contributed by atoms with Gasteiger partial charge in [0.15, 0.2) is 5.16 Å². The highest BCUT2D eigenvalue weighted by Gasteiger charge is 2.33. The van der Waals surface area contributed by atoms with Gasteiger partial charge in [-0.05, 0) is 18.6 Å². The maximum absolute atomic E-state index is 13.2. The number of morpholine rings is 1. The van der Waals surface area contributed by atoms with Gasteiger partial charge in [0.2, 0.25) is 5.95 Å². The highest BCUT2D eigenvalue weighted by Crippen LogP contribution is 2.33. The summed E-state index contributed by atoms with van der Waals surface area (Å²) in [5.74, 6) is 0.482. The molecule has 0 saturated carbocycles. The molecule has 0 amide bonds. The van der Waals surface area contributed by atoms with Gasteiger partial charge in [-0.25, -0.2) is 0 Å². The maximum Gasteiger partial charge on any atom is 0.406 e. The van der Waals surface area contributed by atoms with E-state index in [1.807, 2.05) is 31.2 Å². The molecule has 2 aromatic heterocycles. The first-order valence-corrected chi connectivity index (χ1v) is 10.7. The van der Waals surface area contributed by atoms with Crippen LogP contribution < -0.4 is 4.90 Å². The van der Waals surface area contributed by atoms with Crippen LogP contribution in [0.5, 0.6) is 0 Å². The summed E-state index contributed by atoms with van der Waals surface area (Å²) in [5, 5.41) is 9.70. The van der Waals surface area contributed by atoms with Crippen molar-refractivity contribution in [2.45, 2.75) is 30.6 Å². The molecule has 0 N–H and O–H groups in total. The molecule has 3 heterocycles. The number of halogens is 4. The molecule has 0 unspecified atom stereocenters. The van der Waals surface area contributed by atoms with E-state index < -0.39 is 12.7 Å². The molecule has 0 atom stereocenters. The number of anilines is 1. The molecular formula is C19H19ClF3N5OS. The third-order valence-corrected chi connectivity index (χ3v) is 6.29. The largest absolute Gasteiger partial charge is 0.406 e. The molecule has 1 aliphatic rings. The minimum atomic E-state index is -4.39. The van der Waals surface area contributed by atoms with Crippen LogP contribution in [0.4, 0.5) is 19.1 Å². The third kappa shape index (κ3) is 4.50. The lowest BCUT2D eigenvalue weighted by Gasteiger charge is -2.28. The van der Waals surface area contributed by atoms with E-state index in [-0.39, 0.29) is 16.9 Å². The average molecular weight is 458 g/mol. The van der Waals surface area contributed by atoms with Gasteiger partial charge in [0.25, 0.3) is 0 Å². The second-order valence-corrected chi connectivity index (χ2v) is 8.21. The van der Waals surface area contributed by atoms with Crippen LogP contribution in [0.2, 0.25) is 5.02 Å². The number of hydrogen-bond acceptors (Lipinski definition) is 6. The topological polar surface area (TPSA) is 56.1 Å². The van der Waals surface area contributed by atoms with Crippen molar-refractivity contribution in [2.75, 3.05) is 31.2 Å². The Kier molecular flexibility index (Phi) is 6.08. The summed E-state index contributed by atoms with van der Waals surface area (Å²) in [5.41, 5.74) is 2.29. The first-order valence-electron chi connectivity index (χ1n) is 9.32. The van der Waals surface area contributed by atoms with Gasteiger partial charge in [-0.3, -0.25) is 9.55 Å². The number of nitrogens with zero attached hydrogens (tertiary/aromatic N) is 5. The first-order chi connectivity index (χ1) is 14.3. The van der Waals surface area contributed by atoms with Crippen LogP contribution in [0.3, 0.4) is 0 Å². The second-order valence-electron chi connectivity index (χ2n) is 6.89. The van der Waals surface area contributed by atoms with Crippen LogP contribution in [0.25, 0.3) is 10.9 Å². The monoisotopic (exact) mass is 457 g/mol. The van der Waals surface area contributed by atoms with Gasteiger partial charge in [0.05, 0.1) is 29.4 Å². The molecule has 1 saturated heterocycles. The molecule has 160 valence electrons. The van der Waals surface area contributed by atoms with E-state index in [2.05, 4.69) is 15.2 Å². The number of fused-ring (bicyclic) bond motifs is 1. The summed E-state index contributed by atoms with van der Waals surface area (Å²) in [7, 11) is 0. The lowest BCUT2D eigenvalue weighted by atomic mass is 10.1. The summed E-state index contributed by atoms with van der Waals surface area (Å²) < 4.78 is 46.1. The Bertz CT molecular complexity index is 1050. The minimum absolute atomic E-state index is 0.178. The van der Waals surface area contributed by atoms with Gasteiger partial charge in [-0.1, -0.05) is 41.6 Å². The number of benzene rings is 1. The van der Waals surface area contributed by atoms with Crippen molar-refractivity contribution in [3.05, 3.63) is 40.5 Å². The molecule has 0 spiro atoms. The predicted octanol–water partition coefficient (Wildman–Crippen LogP) is 4.48. The maximum atomic E-state index is 13.2. The molecule has 1 aromatic carbocycles. The van der Waals surface area contributed by atoms with Gasteiger partial charge < -0.3 is 9.64 Å². The molecule has 0 radical (unpaired) electrons. The molecule has 0 aliphatic carbocycles. The third-order valence-electron chi connectivity index (χ3n) is 4.81. The lowest BCUT2D eigenvalue weighted by molar-refractivity contribution is -0.141. The standard InChI is InChI=1S/C19H19ClF3N5OS/c1-12-13-4-2-3-5-14(13)24-15(16(12)20)10-30-18-26-25-17(27-6-8-29-9-7-27)28(18)11-19(21,22)23/h2-5H,6-11H2,1H3. The number of alkyl halides is 3. The van der Waals surface area contributed by atoms with E-state index in [1.54, 1.807) is 4.90 Å². The second kappa shape index (κ2) is 8.60. The fraction of sp³-hybridized carbons (Fsp3) is 0.421. The summed E-state index contributed by atoms with van der Waals surface area (Å²) in [4.78, 5) is 6.35. The zero-order valence-electron chi connectivity index (χ0n) is 16.1. The number of hydrogen-bond donors (Lipinski definition) is 0. The number of rotatable bonds is 5. The van der Waals surface area contributed by atoms with Crippen LogP contribution in [-0.4, -0.2) is 52.2 Å². The number of ether oxygens (including phenoxy) is 1. The molecule has 0 bridgehead atoms. The smallest absolute Gasteiger partial charge is 0.378 e. The van der Waals surface area contributed by atoms with Crippen molar-refractivity contribution in [1.82, 2.24) is 19.7 Å². The van der Waals surface area contributed by atoms with E-state index in [1.165, 1.54) is 0 Å².